The van der Waals surface area contributed by atoms with Crippen LogP contribution in [0.4, 0.5) is 13.2 Å². The van der Waals surface area contributed by atoms with Crippen molar-refractivity contribution in [3.05, 3.63) is 0 Å². The van der Waals surface area contributed by atoms with Crippen molar-refractivity contribution in [3.63, 3.8) is 0 Å². The topological polar surface area (TPSA) is 70.1 Å². The van der Waals surface area contributed by atoms with Crippen molar-refractivity contribution in [1.29, 1.82) is 0 Å². The van der Waals surface area contributed by atoms with E-state index in [1.54, 1.807) is 0 Å². The van der Waals surface area contributed by atoms with E-state index >= 15 is 0 Å². The van der Waals surface area contributed by atoms with Crippen molar-refractivity contribution >= 4 is 11.8 Å². The third-order valence-electron chi connectivity index (χ3n) is 4.91. The molecule has 0 aliphatic carbocycles. The third-order valence-corrected chi connectivity index (χ3v) is 4.91. The number of carbonyl (C=O) groups excluding carboxylic acids is 2. The fraction of sp³-hybridized carbons (Fsp3) is 0.867. The second kappa shape index (κ2) is 7.26. The fourth-order valence-electron chi connectivity index (χ4n) is 3.23. The molecule has 2 amide bonds. The number of hydrogen-bond acceptors (Lipinski definition) is 4. The maximum atomic E-state index is 13.1. The quantitative estimate of drug-likeness (QED) is 0.820. The van der Waals surface area contributed by atoms with Crippen LogP contribution >= 0.6 is 0 Å². The lowest BCUT2D eigenvalue weighted by Gasteiger charge is -2.42. The Bertz CT molecular complexity index is 476. The van der Waals surface area contributed by atoms with Crippen LogP contribution in [-0.2, 0) is 14.3 Å². The summed E-state index contributed by atoms with van der Waals surface area (Å²) in [6.45, 7) is 0.0233. The number of methoxy groups -OCH3 is 1. The number of nitrogens with zero attached hydrogens (tertiary/aromatic N) is 2. The van der Waals surface area contributed by atoms with Gasteiger partial charge in [0.1, 0.15) is 6.10 Å². The zero-order valence-corrected chi connectivity index (χ0v) is 13.6. The van der Waals surface area contributed by atoms with E-state index < -0.39 is 29.7 Å². The molecule has 2 aliphatic rings. The first-order valence-electron chi connectivity index (χ1n) is 8.07. The maximum absolute atomic E-state index is 13.1. The Labute approximate surface area is 138 Å². The lowest BCUT2D eigenvalue weighted by Crippen LogP contribution is -2.56. The molecule has 6 nitrogen and oxygen atoms in total. The van der Waals surface area contributed by atoms with E-state index in [4.69, 9.17) is 4.74 Å². The van der Waals surface area contributed by atoms with Crippen LogP contribution in [0.2, 0.25) is 0 Å². The Kier molecular flexibility index (Phi) is 5.74. The van der Waals surface area contributed by atoms with Gasteiger partial charge in [-0.05, 0) is 19.3 Å². The normalized spacial score (nSPS) is 25.5. The molecular weight excluding hydrogens is 329 g/mol. The second-order valence-corrected chi connectivity index (χ2v) is 6.35. The molecule has 1 unspecified atom stereocenters. The van der Waals surface area contributed by atoms with E-state index in [2.05, 4.69) is 0 Å². The number of rotatable bonds is 3. The number of hydrogen-bond donors (Lipinski definition) is 1. The van der Waals surface area contributed by atoms with E-state index in [0.717, 1.165) is 7.11 Å². The minimum absolute atomic E-state index is 0.0727. The number of aliphatic hydroxyl groups excluding tert-OH is 1. The van der Waals surface area contributed by atoms with E-state index in [0.29, 0.717) is 25.8 Å². The molecule has 2 rings (SSSR count). The molecule has 0 spiro atoms. The van der Waals surface area contributed by atoms with Gasteiger partial charge in [0, 0.05) is 39.6 Å². The highest BCUT2D eigenvalue weighted by Crippen LogP contribution is 2.41. The van der Waals surface area contributed by atoms with Crippen LogP contribution in [0.3, 0.4) is 0 Å². The molecule has 1 N–H and O–H groups in total. The molecule has 2 heterocycles. The Hall–Kier alpha value is -1.35. The van der Waals surface area contributed by atoms with E-state index in [9.17, 15) is 27.9 Å². The number of piperidine rings is 1. The highest BCUT2D eigenvalue weighted by molar-refractivity contribution is 5.87. The van der Waals surface area contributed by atoms with Crippen LogP contribution in [0.25, 0.3) is 0 Å². The van der Waals surface area contributed by atoms with Crippen LogP contribution in [0, 0.1) is 0 Å². The second-order valence-electron chi connectivity index (χ2n) is 6.35. The first kappa shape index (κ1) is 19.0. The summed E-state index contributed by atoms with van der Waals surface area (Å²) in [5.74, 6) is -0.885. The SMILES string of the molecule is COC1(C(F)(F)F)CCN(C(=O)CN2CCCCC(O)C2=O)CC1. The predicted molar refractivity (Wildman–Crippen MR) is 78.0 cm³/mol. The standard InChI is InChI=1S/C15H23F3N2O4/c1-24-14(15(16,17)18)5-8-19(9-6-14)12(22)10-20-7-3-2-4-11(21)13(20)23/h11,21H,2-10H2,1H3. The molecule has 0 aromatic heterocycles. The molecule has 0 radical (unpaired) electrons. The molecule has 0 aromatic carbocycles. The molecule has 0 aromatic rings. The van der Waals surface area contributed by atoms with Crippen molar-refractivity contribution < 1.29 is 32.6 Å². The number of likely N-dealkylation sites (tertiary alicyclic amines) is 2. The Morgan fingerprint density at radius 2 is 1.92 bits per heavy atom. The summed E-state index contributed by atoms with van der Waals surface area (Å²) in [5, 5.41) is 9.68. The van der Waals surface area contributed by atoms with Crippen molar-refractivity contribution in [2.75, 3.05) is 33.3 Å². The lowest BCUT2D eigenvalue weighted by molar-refractivity contribution is -0.281. The summed E-state index contributed by atoms with van der Waals surface area (Å²) >= 11 is 0. The molecule has 0 bridgehead atoms. The van der Waals surface area contributed by atoms with Gasteiger partial charge in [0.05, 0.1) is 6.54 Å². The highest BCUT2D eigenvalue weighted by atomic mass is 19.4. The van der Waals surface area contributed by atoms with E-state index in [-0.39, 0.29) is 32.5 Å². The van der Waals surface area contributed by atoms with Gasteiger partial charge in [0.15, 0.2) is 5.60 Å². The molecule has 9 heteroatoms. The minimum atomic E-state index is -4.48. The third kappa shape index (κ3) is 3.83. The number of ether oxygens (including phenoxy) is 1. The predicted octanol–water partition coefficient (Wildman–Crippen LogP) is 0.930. The average Bonchev–Trinajstić information content (AvgIpc) is 2.69. The molecule has 2 saturated heterocycles. The molecule has 138 valence electrons. The average molecular weight is 352 g/mol. The van der Waals surface area contributed by atoms with Crippen molar-refractivity contribution in [2.24, 2.45) is 0 Å². The van der Waals surface area contributed by atoms with Gasteiger partial charge in [-0.2, -0.15) is 13.2 Å². The number of alkyl halides is 3. The van der Waals surface area contributed by atoms with Gasteiger partial charge in [0.2, 0.25) is 5.91 Å². The summed E-state index contributed by atoms with van der Waals surface area (Å²) in [5.41, 5.74) is -2.21. The molecule has 2 aliphatic heterocycles. The Morgan fingerprint density at radius 1 is 1.29 bits per heavy atom. The molecule has 2 fully saturated rings. The van der Waals surface area contributed by atoms with Gasteiger partial charge in [-0.3, -0.25) is 9.59 Å². The van der Waals surface area contributed by atoms with Crippen LogP contribution in [0.15, 0.2) is 0 Å². The fourth-order valence-corrected chi connectivity index (χ4v) is 3.23. The smallest absolute Gasteiger partial charge is 0.383 e. The van der Waals surface area contributed by atoms with Crippen LogP contribution < -0.4 is 0 Å². The highest BCUT2D eigenvalue weighted by Gasteiger charge is 2.56. The van der Waals surface area contributed by atoms with Crippen molar-refractivity contribution in [3.8, 4) is 0 Å². The summed E-state index contributed by atoms with van der Waals surface area (Å²) in [6.07, 6.45) is -4.48. The monoisotopic (exact) mass is 352 g/mol. The summed E-state index contributed by atoms with van der Waals surface area (Å²) < 4.78 is 44.1. The summed E-state index contributed by atoms with van der Waals surface area (Å²) in [7, 11) is 1.03. The zero-order chi connectivity index (χ0) is 18.0. The van der Waals surface area contributed by atoms with Crippen LogP contribution in [0.5, 0.6) is 0 Å². The zero-order valence-electron chi connectivity index (χ0n) is 13.6. The van der Waals surface area contributed by atoms with Crippen LogP contribution in [-0.4, -0.2) is 77.9 Å². The van der Waals surface area contributed by atoms with E-state index in [1.165, 1.54) is 9.80 Å². The summed E-state index contributed by atoms with van der Waals surface area (Å²) in [4.78, 5) is 26.9. The number of aliphatic hydroxyl groups is 1. The van der Waals surface area contributed by atoms with Gasteiger partial charge in [-0.25, -0.2) is 0 Å². The largest absolute Gasteiger partial charge is 0.417 e. The number of halogens is 3. The number of carbonyl (C=O) groups is 2. The van der Waals surface area contributed by atoms with Gasteiger partial charge in [-0.15, -0.1) is 0 Å². The van der Waals surface area contributed by atoms with Crippen molar-refractivity contribution in [1.82, 2.24) is 9.80 Å². The van der Waals surface area contributed by atoms with Crippen molar-refractivity contribution in [2.45, 2.75) is 50.0 Å². The van der Waals surface area contributed by atoms with Gasteiger partial charge in [0.25, 0.3) is 5.91 Å². The molecule has 24 heavy (non-hydrogen) atoms. The molecular formula is C15H23F3N2O4. The van der Waals surface area contributed by atoms with Crippen LogP contribution in [0.1, 0.15) is 32.1 Å². The lowest BCUT2D eigenvalue weighted by atomic mass is 9.90. The van der Waals surface area contributed by atoms with Gasteiger partial charge < -0.3 is 19.6 Å². The van der Waals surface area contributed by atoms with Gasteiger partial charge in [-0.1, -0.05) is 0 Å². The minimum Gasteiger partial charge on any atom is -0.383 e. The van der Waals surface area contributed by atoms with Gasteiger partial charge >= 0.3 is 6.18 Å². The number of amides is 2. The molecule has 0 saturated carbocycles. The maximum Gasteiger partial charge on any atom is 0.417 e. The summed E-state index contributed by atoms with van der Waals surface area (Å²) in [6, 6.07) is 0. The Morgan fingerprint density at radius 3 is 2.46 bits per heavy atom. The first-order valence-corrected chi connectivity index (χ1v) is 8.07. The molecule has 1 atom stereocenters. The van der Waals surface area contributed by atoms with E-state index in [1.807, 2.05) is 0 Å². The first-order chi connectivity index (χ1) is 11.2. The Balaban J connectivity index is 1.94.